The van der Waals surface area contributed by atoms with E-state index in [2.05, 4.69) is 31.2 Å². The van der Waals surface area contributed by atoms with Gasteiger partial charge in [-0.2, -0.15) is 4.98 Å². The zero-order valence-corrected chi connectivity index (χ0v) is 9.58. The van der Waals surface area contributed by atoms with Gasteiger partial charge in [-0.3, -0.25) is 0 Å². The monoisotopic (exact) mass is 261 g/mol. The summed E-state index contributed by atoms with van der Waals surface area (Å²) in [5.41, 5.74) is 0. The van der Waals surface area contributed by atoms with Gasteiger partial charge in [0, 0.05) is 6.54 Å². The SMILES string of the molecule is COc1nc(NC[C@@H](C)O)ncc1Br. The largest absolute Gasteiger partial charge is 0.480 e. The van der Waals surface area contributed by atoms with E-state index in [0.717, 1.165) is 0 Å². The molecule has 0 aliphatic rings. The molecule has 0 unspecified atom stereocenters. The van der Waals surface area contributed by atoms with Crippen molar-refractivity contribution in [2.24, 2.45) is 0 Å². The summed E-state index contributed by atoms with van der Waals surface area (Å²) in [4.78, 5) is 8.06. The Morgan fingerprint density at radius 3 is 3.00 bits per heavy atom. The molecule has 0 spiro atoms. The lowest BCUT2D eigenvalue weighted by molar-refractivity contribution is 0.208. The number of aliphatic hydroxyl groups excluding tert-OH is 1. The van der Waals surface area contributed by atoms with Gasteiger partial charge in [-0.1, -0.05) is 0 Å². The van der Waals surface area contributed by atoms with Crippen LogP contribution in [0.1, 0.15) is 6.92 Å². The molecule has 78 valence electrons. The van der Waals surface area contributed by atoms with E-state index in [4.69, 9.17) is 9.84 Å². The summed E-state index contributed by atoms with van der Waals surface area (Å²) < 4.78 is 5.69. The van der Waals surface area contributed by atoms with Crippen LogP contribution in [0.25, 0.3) is 0 Å². The predicted molar refractivity (Wildman–Crippen MR) is 56.5 cm³/mol. The summed E-state index contributed by atoms with van der Waals surface area (Å²) in [5, 5.41) is 11.9. The second-order valence-corrected chi connectivity index (χ2v) is 3.64. The molecule has 1 atom stereocenters. The molecule has 0 aromatic carbocycles. The van der Waals surface area contributed by atoms with Gasteiger partial charge in [-0.25, -0.2) is 4.98 Å². The first-order valence-electron chi connectivity index (χ1n) is 4.12. The number of nitrogens with zero attached hydrogens (tertiary/aromatic N) is 2. The fourth-order valence-corrected chi connectivity index (χ4v) is 1.17. The maximum absolute atomic E-state index is 9.04. The molecule has 1 heterocycles. The van der Waals surface area contributed by atoms with Gasteiger partial charge >= 0.3 is 0 Å². The topological polar surface area (TPSA) is 67.3 Å². The fourth-order valence-electron chi connectivity index (χ4n) is 0.819. The molecule has 6 heteroatoms. The van der Waals surface area contributed by atoms with Gasteiger partial charge in [0.15, 0.2) is 0 Å². The highest BCUT2D eigenvalue weighted by atomic mass is 79.9. The Bertz CT molecular complexity index is 307. The van der Waals surface area contributed by atoms with E-state index in [9.17, 15) is 0 Å². The second-order valence-electron chi connectivity index (χ2n) is 2.78. The van der Waals surface area contributed by atoms with Crippen LogP contribution in [0, 0.1) is 0 Å². The first kappa shape index (κ1) is 11.2. The van der Waals surface area contributed by atoms with E-state index in [1.165, 1.54) is 7.11 Å². The number of ether oxygens (including phenoxy) is 1. The Labute approximate surface area is 90.7 Å². The number of methoxy groups -OCH3 is 1. The summed E-state index contributed by atoms with van der Waals surface area (Å²) in [5.74, 6) is 0.902. The van der Waals surface area contributed by atoms with Gasteiger partial charge in [0.2, 0.25) is 11.8 Å². The molecule has 0 aliphatic heterocycles. The average molecular weight is 262 g/mol. The van der Waals surface area contributed by atoms with E-state index in [0.29, 0.717) is 22.8 Å². The van der Waals surface area contributed by atoms with Crippen molar-refractivity contribution in [3.63, 3.8) is 0 Å². The molecular formula is C8H12BrN3O2. The Balaban J connectivity index is 2.69. The lowest BCUT2D eigenvalue weighted by atomic mass is 10.4. The quantitative estimate of drug-likeness (QED) is 0.848. The maximum atomic E-state index is 9.04. The number of hydrogen-bond donors (Lipinski definition) is 2. The molecule has 14 heavy (non-hydrogen) atoms. The highest BCUT2D eigenvalue weighted by Gasteiger charge is 2.04. The minimum Gasteiger partial charge on any atom is -0.480 e. The van der Waals surface area contributed by atoms with Crippen molar-refractivity contribution in [3.8, 4) is 5.88 Å². The first-order chi connectivity index (χ1) is 6.63. The lowest BCUT2D eigenvalue weighted by Crippen LogP contribution is -2.16. The van der Waals surface area contributed by atoms with E-state index in [1.54, 1.807) is 13.1 Å². The van der Waals surface area contributed by atoms with E-state index >= 15 is 0 Å². The van der Waals surface area contributed by atoms with Gasteiger partial charge in [0.1, 0.15) is 0 Å². The number of anilines is 1. The number of nitrogens with one attached hydrogen (secondary N) is 1. The normalized spacial score (nSPS) is 12.3. The average Bonchev–Trinajstić information content (AvgIpc) is 2.16. The van der Waals surface area contributed by atoms with Crippen LogP contribution in [-0.4, -0.2) is 34.8 Å². The van der Waals surface area contributed by atoms with Crippen LogP contribution >= 0.6 is 15.9 Å². The number of rotatable bonds is 4. The van der Waals surface area contributed by atoms with Crippen molar-refractivity contribution >= 4 is 21.9 Å². The molecule has 2 N–H and O–H groups in total. The molecule has 1 aromatic heterocycles. The molecule has 0 aliphatic carbocycles. The highest BCUT2D eigenvalue weighted by Crippen LogP contribution is 2.21. The third-order valence-corrected chi connectivity index (χ3v) is 2.00. The molecule has 5 nitrogen and oxygen atoms in total. The van der Waals surface area contributed by atoms with Crippen LogP contribution in [0.5, 0.6) is 5.88 Å². The number of halogens is 1. The summed E-state index contributed by atoms with van der Waals surface area (Å²) in [6.07, 6.45) is 1.16. The lowest BCUT2D eigenvalue weighted by Gasteiger charge is -2.08. The van der Waals surface area contributed by atoms with Crippen molar-refractivity contribution in [2.75, 3.05) is 19.0 Å². The number of hydrogen-bond acceptors (Lipinski definition) is 5. The Morgan fingerprint density at radius 1 is 1.71 bits per heavy atom. The molecule has 0 radical (unpaired) electrons. The molecule has 0 saturated carbocycles. The summed E-state index contributed by atoms with van der Waals surface area (Å²) in [6, 6.07) is 0. The Kier molecular flexibility index (Phi) is 4.09. The molecule has 1 aromatic rings. The minimum atomic E-state index is -0.437. The van der Waals surface area contributed by atoms with Crippen LogP contribution in [0.2, 0.25) is 0 Å². The van der Waals surface area contributed by atoms with Crippen molar-refractivity contribution in [1.82, 2.24) is 9.97 Å². The smallest absolute Gasteiger partial charge is 0.232 e. The number of aromatic nitrogens is 2. The zero-order valence-electron chi connectivity index (χ0n) is 7.99. The molecule has 0 amide bonds. The van der Waals surface area contributed by atoms with Gasteiger partial charge in [0.05, 0.1) is 23.9 Å². The van der Waals surface area contributed by atoms with Crippen LogP contribution in [0.15, 0.2) is 10.7 Å². The molecule has 0 bridgehead atoms. The predicted octanol–water partition coefficient (Wildman–Crippen LogP) is 1.04. The highest BCUT2D eigenvalue weighted by molar-refractivity contribution is 9.10. The summed E-state index contributed by atoms with van der Waals surface area (Å²) in [6.45, 7) is 2.09. The van der Waals surface area contributed by atoms with Crippen molar-refractivity contribution in [1.29, 1.82) is 0 Å². The van der Waals surface area contributed by atoms with Crippen molar-refractivity contribution < 1.29 is 9.84 Å². The molecule has 0 fully saturated rings. The number of aliphatic hydroxyl groups is 1. The zero-order chi connectivity index (χ0) is 10.6. The van der Waals surface area contributed by atoms with Gasteiger partial charge < -0.3 is 15.2 Å². The van der Waals surface area contributed by atoms with Crippen LogP contribution in [0.4, 0.5) is 5.95 Å². The van der Waals surface area contributed by atoms with E-state index < -0.39 is 6.10 Å². The standard InChI is InChI=1S/C8H12BrN3O2/c1-5(13)3-10-8-11-4-6(9)7(12-8)14-2/h4-5,13H,3H2,1-2H3,(H,10,11,12)/t5-/m1/s1. The second kappa shape index (κ2) is 5.11. The van der Waals surface area contributed by atoms with E-state index in [1.807, 2.05) is 0 Å². The van der Waals surface area contributed by atoms with Crippen LogP contribution < -0.4 is 10.1 Å². The first-order valence-corrected chi connectivity index (χ1v) is 4.91. The maximum Gasteiger partial charge on any atom is 0.232 e. The van der Waals surface area contributed by atoms with Gasteiger partial charge in [-0.15, -0.1) is 0 Å². The minimum absolute atomic E-state index is 0.408. The van der Waals surface area contributed by atoms with Crippen molar-refractivity contribution in [2.45, 2.75) is 13.0 Å². The summed E-state index contributed by atoms with van der Waals surface area (Å²) in [7, 11) is 1.53. The molecule has 1 rings (SSSR count). The fraction of sp³-hybridized carbons (Fsp3) is 0.500. The Morgan fingerprint density at radius 2 is 2.43 bits per heavy atom. The van der Waals surface area contributed by atoms with Crippen LogP contribution in [0.3, 0.4) is 0 Å². The third kappa shape index (κ3) is 3.12. The third-order valence-electron chi connectivity index (χ3n) is 1.46. The summed E-state index contributed by atoms with van der Waals surface area (Å²) >= 11 is 3.24. The van der Waals surface area contributed by atoms with Gasteiger partial charge in [-0.05, 0) is 22.9 Å². The van der Waals surface area contributed by atoms with E-state index in [-0.39, 0.29) is 0 Å². The van der Waals surface area contributed by atoms with Crippen molar-refractivity contribution in [3.05, 3.63) is 10.7 Å². The van der Waals surface area contributed by atoms with Gasteiger partial charge in [0.25, 0.3) is 0 Å². The molecule has 0 saturated heterocycles. The molecular weight excluding hydrogens is 250 g/mol. The Hall–Kier alpha value is -0.880. The van der Waals surface area contributed by atoms with Crippen LogP contribution in [-0.2, 0) is 0 Å².